The number of rotatable bonds is 7. The summed E-state index contributed by atoms with van der Waals surface area (Å²) in [5, 5.41) is 4.94. The second-order valence-corrected chi connectivity index (χ2v) is 15.8. The normalized spacial score (nSPS) is 11.5. The lowest BCUT2D eigenvalue weighted by Gasteiger charge is -2.12. The zero-order valence-corrected chi connectivity index (χ0v) is 33.7. The Morgan fingerprint density at radius 1 is 0.242 bits per heavy atom. The molecule has 3 aromatic heterocycles. The molecule has 290 valence electrons. The van der Waals surface area contributed by atoms with Crippen LogP contribution >= 0.6 is 0 Å². The summed E-state index contributed by atoms with van der Waals surface area (Å²) in [5.41, 5.74) is 16.6. The monoisotopic (exact) mass is 790 g/mol. The number of aromatic nitrogens is 4. The number of nitrogens with zero attached hydrogens (tertiary/aromatic N) is 4. The summed E-state index contributed by atoms with van der Waals surface area (Å²) < 4.78 is 4.75. The summed E-state index contributed by atoms with van der Waals surface area (Å²) in [6, 6.07) is 82.1. The molecule has 0 saturated heterocycles. The van der Waals surface area contributed by atoms with Crippen molar-refractivity contribution in [3.05, 3.63) is 231 Å². The van der Waals surface area contributed by atoms with Crippen LogP contribution in [0.25, 0.3) is 111 Å². The molecule has 0 radical (unpaired) electrons. The molecule has 12 aromatic rings. The van der Waals surface area contributed by atoms with Gasteiger partial charge in [-0.25, -0.2) is 9.97 Å². The summed E-state index contributed by atoms with van der Waals surface area (Å²) in [6.07, 6.45) is 0. The first-order chi connectivity index (χ1) is 30.7. The van der Waals surface area contributed by atoms with Gasteiger partial charge in [0.2, 0.25) is 0 Å². The van der Waals surface area contributed by atoms with Crippen LogP contribution in [0.4, 0.5) is 0 Å². The molecule has 0 fully saturated rings. The van der Waals surface area contributed by atoms with Crippen molar-refractivity contribution in [3.63, 3.8) is 0 Å². The standard InChI is InChI=1S/C58H38N4/c1-4-14-39(15-5-1)40-24-26-41(27-25-40)52-38-53(60-58(59-52)43-16-6-2-7-17-43)42-28-32-47(33-29-42)62-55-23-13-11-21-49(55)51-37-45(31-35-57(51)62)44-30-34-56-50(36-44)48-20-10-12-22-54(48)61(56)46-18-8-3-9-19-46/h1-38H. The molecule has 4 heteroatoms. The van der Waals surface area contributed by atoms with E-state index in [4.69, 9.17) is 9.97 Å². The first-order valence-electron chi connectivity index (χ1n) is 21.1. The van der Waals surface area contributed by atoms with Gasteiger partial charge in [-0.05, 0) is 89.0 Å². The molecule has 3 heterocycles. The van der Waals surface area contributed by atoms with Gasteiger partial charge in [0, 0.05) is 49.6 Å². The van der Waals surface area contributed by atoms with Crippen molar-refractivity contribution in [1.29, 1.82) is 0 Å². The van der Waals surface area contributed by atoms with E-state index in [0.29, 0.717) is 5.82 Å². The van der Waals surface area contributed by atoms with Gasteiger partial charge in [0.15, 0.2) is 5.82 Å². The highest BCUT2D eigenvalue weighted by atomic mass is 15.0. The highest BCUT2D eigenvalue weighted by molar-refractivity contribution is 6.12. The Bertz CT molecular complexity index is 3590. The lowest BCUT2D eigenvalue weighted by molar-refractivity contribution is 1.17. The minimum atomic E-state index is 0.702. The first kappa shape index (κ1) is 35.6. The lowest BCUT2D eigenvalue weighted by Crippen LogP contribution is -1.97. The van der Waals surface area contributed by atoms with Crippen molar-refractivity contribution in [2.45, 2.75) is 0 Å². The zero-order chi connectivity index (χ0) is 41.0. The van der Waals surface area contributed by atoms with Gasteiger partial charge in [0.05, 0.1) is 33.5 Å². The Morgan fingerprint density at radius 3 is 1.15 bits per heavy atom. The lowest BCUT2D eigenvalue weighted by atomic mass is 10.0. The van der Waals surface area contributed by atoms with E-state index >= 15 is 0 Å². The number of benzene rings is 9. The largest absolute Gasteiger partial charge is 0.309 e. The maximum absolute atomic E-state index is 5.13. The molecule has 0 aliphatic rings. The van der Waals surface area contributed by atoms with E-state index in [2.05, 4.69) is 215 Å². The average molecular weight is 791 g/mol. The molecule has 0 aliphatic heterocycles. The van der Waals surface area contributed by atoms with Crippen molar-refractivity contribution >= 4 is 43.6 Å². The molecule has 4 nitrogen and oxygen atoms in total. The Labute approximate surface area is 359 Å². The van der Waals surface area contributed by atoms with E-state index in [0.717, 1.165) is 39.5 Å². The van der Waals surface area contributed by atoms with Gasteiger partial charge in [-0.2, -0.15) is 0 Å². The molecule has 0 spiro atoms. The van der Waals surface area contributed by atoms with Crippen LogP contribution in [0.3, 0.4) is 0 Å². The van der Waals surface area contributed by atoms with E-state index in [1.165, 1.54) is 65.9 Å². The predicted octanol–water partition coefficient (Wildman–Crippen LogP) is 15.0. The number of fused-ring (bicyclic) bond motifs is 6. The molecule has 0 N–H and O–H groups in total. The molecule has 0 bridgehead atoms. The summed E-state index contributed by atoms with van der Waals surface area (Å²) in [6.45, 7) is 0. The second kappa shape index (κ2) is 14.7. The van der Waals surface area contributed by atoms with E-state index in [1.54, 1.807) is 0 Å². The van der Waals surface area contributed by atoms with Crippen LogP contribution in [0.1, 0.15) is 0 Å². The van der Waals surface area contributed by atoms with E-state index in [9.17, 15) is 0 Å². The highest BCUT2D eigenvalue weighted by Gasteiger charge is 2.17. The minimum Gasteiger partial charge on any atom is -0.309 e. The maximum atomic E-state index is 5.13. The van der Waals surface area contributed by atoms with Gasteiger partial charge in [-0.1, -0.05) is 164 Å². The van der Waals surface area contributed by atoms with E-state index < -0.39 is 0 Å². The fraction of sp³-hybridized carbons (Fsp3) is 0. The Hall–Kier alpha value is -8.34. The fourth-order valence-electron chi connectivity index (χ4n) is 9.14. The van der Waals surface area contributed by atoms with Crippen molar-refractivity contribution < 1.29 is 0 Å². The van der Waals surface area contributed by atoms with Gasteiger partial charge in [0.1, 0.15) is 0 Å². The topological polar surface area (TPSA) is 35.6 Å². The fourth-order valence-corrected chi connectivity index (χ4v) is 9.14. The van der Waals surface area contributed by atoms with Crippen molar-refractivity contribution in [2.24, 2.45) is 0 Å². The molecule has 0 saturated carbocycles. The predicted molar refractivity (Wildman–Crippen MR) is 258 cm³/mol. The SMILES string of the molecule is c1ccc(-c2ccc(-c3cc(-c4ccc(-n5c6ccccc6c6cc(-c7ccc8c(c7)c7ccccc7n8-c7ccccc7)ccc65)cc4)nc(-c4ccccc4)n3)cc2)cc1. The summed E-state index contributed by atoms with van der Waals surface area (Å²) in [4.78, 5) is 10.2. The quantitative estimate of drug-likeness (QED) is 0.161. The molecule has 0 unspecified atom stereocenters. The summed E-state index contributed by atoms with van der Waals surface area (Å²) >= 11 is 0. The third-order valence-electron chi connectivity index (χ3n) is 12.2. The molecular weight excluding hydrogens is 753 g/mol. The smallest absolute Gasteiger partial charge is 0.160 e. The molecular formula is C58H38N4. The van der Waals surface area contributed by atoms with Crippen LogP contribution in [0.15, 0.2) is 231 Å². The number of para-hydroxylation sites is 3. The van der Waals surface area contributed by atoms with Crippen molar-refractivity contribution in [3.8, 4) is 67.5 Å². The molecule has 9 aromatic carbocycles. The Kier molecular flexibility index (Phi) is 8.46. The Balaban J connectivity index is 0.930. The van der Waals surface area contributed by atoms with Crippen molar-refractivity contribution in [1.82, 2.24) is 19.1 Å². The third kappa shape index (κ3) is 6.08. The van der Waals surface area contributed by atoms with Gasteiger partial charge in [-0.15, -0.1) is 0 Å². The van der Waals surface area contributed by atoms with E-state index in [1.807, 2.05) is 24.3 Å². The minimum absolute atomic E-state index is 0.702. The van der Waals surface area contributed by atoms with Gasteiger partial charge >= 0.3 is 0 Å². The van der Waals surface area contributed by atoms with Gasteiger partial charge in [-0.3, -0.25) is 0 Å². The molecule has 0 aliphatic carbocycles. The third-order valence-corrected chi connectivity index (χ3v) is 12.2. The number of hydrogen-bond donors (Lipinski definition) is 0. The van der Waals surface area contributed by atoms with Crippen LogP contribution in [0.5, 0.6) is 0 Å². The van der Waals surface area contributed by atoms with Crippen LogP contribution in [0, 0.1) is 0 Å². The molecule has 12 rings (SSSR count). The van der Waals surface area contributed by atoms with Crippen LogP contribution in [0.2, 0.25) is 0 Å². The highest BCUT2D eigenvalue weighted by Crippen LogP contribution is 2.39. The molecule has 62 heavy (non-hydrogen) atoms. The summed E-state index contributed by atoms with van der Waals surface area (Å²) in [7, 11) is 0. The average Bonchev–Trinajstić information content (AvgIpc) is 3.87. The maximum Gasteiger partial charge on any atom is 0.160 e. The first-order valence-corrected chi connectivity index (χ1v) is 21.1. The van der Waals surface area contributed by atoms with Gasteiger partial charge < -0.3 is 9.13 Å². The van der Waals surface area contributed by atoms with E-state index in [-0.39, 0.29) is 0 Å². The van der Waals surface area contributed by atoms with Crippen molar-refractivity contribution in [2.75, 3.05) is 0 Å². The molecule has 0 atom stereocenters. The van der Waals surface area contributed by atoms with Crippen LogP contribution in [-0.2, 0) is 0 Å². The van der Waals surface area contributed by atoms with Crippen LogP contribution < -0.4 is 0 Å². The zero-order valence-electron chi connectivity index (χ0n) is 33.7. The van der Waals surface area contributed by atoms with Gasteiger partial charge in [0.25, 0.3) is 0 Å². The Morgan fingerprint density at radius 2 is 0.613 bits per heavy atom. The summed E-state index contributed by atoms with van der Waals surface area (Å²) in [5.74, 6) is 0.702. The molecule has 0 amide bonds. The second-order valence-electron chi connectivity index (χ2n) is 15.8. The number of hydrogen-bond acceptors (Lipinski definition) is 2. The van der Waals surface area contributed by atoms with Crippen LogP contribution in [-0.4, -0.2) is 19.1 Å².